The maximum Gasteiger partial charge on any atom is 0.272 e. The highest BCUT2D eigenvalue weighted by Gasteiger charge is 2.25. The molecule has 0 bridgehead atoms. The zero-order valence-corrected chi connectivity index (χ0v) is 19.7. The minimum absolute atomic E-state index is 0.118. The van der Waals surface area contributed by atoms with Gasteiger partial charge in [0.25, 0.3) is 5.91 Å². The smallest absolute Gasteiger partial charge is 0.272 e. The van der Waals surface area contributed by atoms with Crippen LogP contribution in [0.25, 0.3) is 10.9 Å². The van der Waals surface area contributed by atoms with E-state index in [0.29, 0.717) is 5.75 Å². The first-order valence-electron chi connectivity index (χ1n) is 9.47. The number of fused-ring (bicyclic) bond motifs is 1. The average Bonchev–Trinajstić information content (AvgIpc) is 2.63. The molecule has 1 aromatic heterocycles. The quantitative estimate of drug-likeness (QED) is 0.418. The molecule has 0 aliphatic carbocycles. The molecule has 0 saturated heterocycles. The van der Waals surface area contributed by atoms with Gasteiger partial charge in [0.2, 0.25) is 5.44 Å². The Labute approximate surface area is 173 Å². The second-order valence-corrected chi connectivity index (χ2v) is 14.1. The lowest BCUT2D eigenvalue weighted by atomic mass is 10.0. The second-order valence-electron chi connectivity index (χ2n) is 8.49. The Bertz CT molecular complexity index is 910. The third-order valence-corrected chi connectivity index (χ3v) is 5.86. The van der Waals surface area contributed by atoms with Crippen LogP contribution in [-0.2, 0) is 4.79 Å². The number of amides is 1. The number of thioether (sulfide) groups is 1. The summed E-state index contributed by atoms with van der Waals surface area (Å²) in [6.45, 7) is 12.7. The molecule has 28 heavy (non-hydrogen) atoms. The number of aromatic nitrogens is 1. The van der Waals surface area contributed by atoms with Gasteiger partial charge in [-0.25, -0.2) is 0 Å². The Kier molecular flexibility index (Phi) is 7.19. The molecular weight excluding hydrogens is 384 g/mol. The van der Waals surface area contributed by atoms with Crippen molar-refractivity contribution in [3.05, 3.63) is 36.0 Å². The van der Waals surface area contributed by atoms with Crippen LogP contribution < -0.4 is 10.1 Å². The Balaban J connectivity index is 2.23. The van der Waals surface area contributed by atoms with Gasteiger partial charge in [-0.2, -0.15) is 0 Å². The van der Waals surface area contributed by atoms with Crippen molar-refractivity contribution in [2.75, 3.05) is 6.26 Å². The summed E-state index contributed by atoms with van der Waals surface area (Å²) in [5, 5.41) is 4.00. The van der Waals surface area contributed by atoms with Crippen molar-refractivity contribution in [1.82, 2.24) is 10.3 Å². The Morgan fingerprint density at radius 2 is 2.04 bits per heavy atom. The maximum absolute atomic E-state index is 12.6. The molecule has 2 aromatic rings. The van der Waals surface area contributed by atoms with Gasteiger partial charge >= 0.3 is 0 Å². The first-order valence-corrected chi connectivity index (χ1v) is 14.3. The normalized spacial score (nSPS) is 12.8. The summed E-state index contributed by atoms with van der Waals surface area (Å²) in [4.78, 5) is 17.1. The van der Waals surface area contributed by atoms with Gasteiger partial charge in [0.05, 0.1) is 5.52 Å². The highest BCUT2D eigenvalue weighted by atomic mass is 32.2. The van der Waals surface area contributed by atoms with Crippen molar-refractivity contribution in [2.45, 2.75) is 57.8 Å². The Morgan fingerprint density at radius 3 is 2.64 bits per heavy atom. The van der Waals surface area contributed by atoms with E-state index in [0.717, 1.165) is 22.9 Å². The number of nitrogens with one attached hydrogen (secondary N) is 1. The standard InChI is InChI=1S/C22H30N2O2SSi/c1-8-22(2,3)24-20(25)21(27-4)26-18-9-10-19-17(14-18)13-16(15-23-19)11-12-28(5,6)7/h9-10,13-15,21H,8H2,1-7H3,(H,24,25). The number of nitrogens with zero attached hydrogens (tertiary/aromatic N) is 1. The minimum Gasteiger partial charge on any atom is -0.470 e. The fourth-order valence-electron chi connectivity index (χ4n) is 2.32. The number of hydrogen-bond donors (Lipinski definition) is 1. The summed E-state index contributed by atoms with van der Waals surface area (Å²) in [7, 11) is -1.44. The Hall–Kier alpha value is -1.97. The third kappa shape index (κ3) is 6.57. The van der Waals surface area contributed by atoms with Crippen LogP contribution in [0.1, 0.15) is 32.8 Å². The predicted octanol–water partition coefficient (Wildman–Crippen LogP) is 4.84. The lowest BCUT2D eigenvalue weighted by molar-refractivity contribution is -0.126. The summed E-state index contributed by atoms with van der Waals surface area (Å²) in [5.74, 6) is 3.77. The van der Waals surface area contributed by atoms with Gasteiger partial charge in [0.1, 0.15) is 13.8 Å². The fraction of sp³-hybridized carbons (Fsp3) is 0.455. The van der Waals surface area contributed by atoms with E-state index in [-0.39, 0.29) is 11.4 Å². The van der Waals surface area contributed by atoms with Crippen molar-refractivity contribution in [2.24, 2.45) is 0 Å². The predicted molar refractivity (Wildman–Crippen MR) is 122 cm³/mol. The van der Waals surface area contributed by atoms with Crippen LogP contribution in [0.5, 0.6) is 5.75 Å². The van der Waals surface area contributed by atoms with E-state index in [2.05, 4.69) is 41.4 Å². The number of carbonyl (C=O) groups is 1. The first kappa shape index (κ1) is 22.3. The molecule has 0 aliphatic heterocycles. The number of carbonyl (C=O) groups excluding carboxylic acids is 1. The number of pyridine rings is 1. The van der Waals surface area contributed by atoms with Crippen LogP contribution in [0.4, 0.5) is 0 Å². The summed E-state index contributed by atoms with van der Waals surface area (Å²) in [6, 6.07) is 7.70. The van der Waals surface area contributed by atoms with Crippen molar-refractivity contribution < 1.29 is 9.53 Å². The van der Waals surface area contributed by atoms with Gasteiger partial charge in [0, 0.05) is 22.7 Å². The molecule has 1 unspecified atom stereocenters. The number of rotatable bonds is 6. The van der Waals surface area contributed by atoms with E-state index < -0.39 is 13.5 Å². The molecule has 2 rings (SSSR count). The first-order chi connectivity index (χ1) is 13.0. The minimum atomic E-state index is -1.44. The molecule has 1 N–H and O–H groups in total. The van der Waals surface area contributed by atoms with E-state index in [9.17, 15) is 4.79 Å². The lowest BCUT2D eigenvalue weighted by Gasteiger charge is -2.27. The maximum atomic E-state index is 12.6. The highest BCUT2D eigenvalue weighted by molar-refractivity contribution is 7.99. The van der Waals surface area contributed by atoms with Crippen LogP contribution in [0.2, 0.25) is 19.6 Å². The molecule has 0 aliphatic rings. The van der Waals surface area contributed by atoms with E-state index in [1.807, 2.05) is 51.3 Å². The van der Waals surface area contributed by atoms with Crippen LogP contribution in [-0.4, -0.2) is 36.2 Å². The number of ether oxygens (including phenoxy) is 1. The lowest BCUT2D eigenvalue weighted by Crippen LogP contribution is -2.48. The molecule has 1 aromatic carbocycles. The van der Waals surface area contributed by atoms with Crippen LogP contribution in [0, 0.1) is 11.5 Å². The van der Waals surface area contributed by atoms with Crippen molar-refractivity contribution in [3.8, 4) is 17.2 Å². The van der Waals surface area contributed by atoms with Gasteiger partial charge in [-0.3, -0.25) is 9.78 Å². The zero-order valence-electron chi connectivity index (χ0n) is 17.8. The van der Waals surface area contributed by atoms with Crippen LogP contribution in [0.3, 0.4) is 0 Å². The van der Waals surface area contributed by atoms with Crippen molar-refractivity contribution in [3.63, 3.8) is 0 Å². The third-order valence-electron chi connectivity index (χ3n) is 4.25. The molecule has 0 spiro atoms. The van der Waals surface area contributed by atoms with Gasteiger partial charge in [0.15, 0.2) is 0 Å². The summed E-state index contributed by atoms with van der Waals surface area (Å²) in [5.41, 5.74) is 4.28. The molecule has 0 fully saturated rings. The van der Waals surface area contributed by atoms with Crippen molar-refractivity contribution >= 4 is 36.6 Å². The van der Waals surface area contributed by atoms with Gasteiger partial charge in [-0.15, -0.1) is 17.3 Å². The number of benzene rings is 1. The molecule has 1 heterocycles. The highest BCUT2D eigenvalue weighted by Crippen LogP contribution is 2.24. The summed E-state index contributed by atoms with van der Waals surface area (Å²) < 4.78 is 5.97. The van der Waals surface area contributed by atoms with E-state index in [1.165, 1.54) is 11.8 Å². The van der Waals surface area contributed by atoms with E-state index in [4.69, 9.17) is 4.74 Å². The molecule has 6 heteroatoms. The SMILES string of the molecule is CCC(C)(C)NC(=O)C(Oc1ccc2ncc(C#C[Si](C)(C)C)cc2c1)SC. The van der Waals surface area contributed by atoms with E-state index in [1.54, 1.807) is 6.20 Å². The summed E-state index contributed by atoms with van der Waals surface area (Å²) >= 11 is 1.38. The van der Waals surface area contributed by atoms with Gasteiger partial charge in [-0.1, -0.05) is 32.5 Å². The monoisotopic (exact) mass is 414 g/mol. The molecule has 1 atom stereocenters. The van der Waals surface area contributed by atoms with Crippen molar-refractivity contribution in [1.29, 1.82) is 0 Å². The molecule has 0 saturated carbocycles. The molecule has 1 amide bonds. The molecule has 150 valence electrons. The number of hydrogen-bond acceptors (Lipinski definition) is 4. The van der Waals surface area contributed by atoms with Crippen LogP contribution in [0.15, 0.2) is 30.5 Å². The molecule has 0 radical (unpaired) electrons. The zero-order chi connectivity index (χ0) is 20.9. The topological polar surface area (TPSA) is 51.2 Å². The molecule has 4 nitrogen and oxygen atoms in total. The Morgan fingerprint density at radius 1 is 1.32 bits per heavy atom. The average molecular weight is 415 g/mol. The van der Waals surface area contributed by atoms with Gasteiger partial charge < -0.3 is 10.1 Å². The van der Waals surface area contributed by atoms with Gasteiger partial charge in [-0.05, 0) is 50.8 Å². The second kappa shape index (κ2) is 9.02. The fourth-order valence-corrected chi connectivity index (χ4v) is 3.32. The summed E-state index contributed by atoms with van der Waals surface area (Å²) in [6.07, 6.45) is 4.53. The molecular formula is C22H30N2O2SSi. The van der Waals surface area contributed by atoms with E-state index >= 15 is 0 Å². The largest absolute Gasteiger partial charge is 0.470 e. The van der Waals surface area contributed by atoms with Crippen LogP contribution >= 0.6 is 11.8 Å².